The summed E-state index contributed by atoms with van der Waals surface area (Å²) in [6.07, 6.45) is 2.57. The normalized spacial score (nSPS) is 19.4. The van der Waals surface area contributed by atoms with Gasteiger partial charge in [-0.25, -0.2) is 0 Å². The first kappa shape index (κ1) is 16.2. The number of nitrogens with zero attached hydrogens (tertiary/aromatic N) is 2. The topological polar surface area (TPSA) is 37.4 Å². The summed E-state index contributed by atoms with van der Waals surface area (Å²) in [6.45, 7) is 10.8. The van der Waals surface area contributed by atoms with Crippen molar-refractivity contribution < 1.29 is 4.74 Å². The van der Waals surface area contributed by atoms with Crippen molar-refractivity contribution in [1.29, 1.82) is 0 Å². The second kappa shape index (κ2) is 7.76. The average Bonchev–Trinajstić information content (AvgIpc) is 2.85. The van der Waals surface area contributed by atoms with Crippen molar-refractivity contribution in [3.63, 3.8) is 0 Å². The minimum atomic E-state index is 0.636. The molecule has 0 spiro atoms. The standard InChI is InChI=1S/C17H29N3O/c1-13(2)10-18-11-16-6-5-7-20(16)12-15-9-17(21-4)8-14(3)19-15/h8-9,13,16,18H,5-7,10-12H2,1-4H3. The Morgan fingerprint density at radius 1 is 1.43 bits per heavy atom. The quantitative estimate of drug-likeness (QED) is 0.838. The van der Waals surface area contributed by atoms with Crippen molar-refractivity contribution in [3.8, 4) is 5.75 Å². The molecule has 1 saturated heterocycles. The number of ether oxygens (including phenoxy) is 1. The molecule has 0 saturated carbocycles. The number of likely N-dealkylation sites (tertiary alicyclic amines) is 1. The number of rotatable bonds is 7. The fourth-order valence-electron chi connectivity index (χ4n) is 2.98. The molecule has 1 N–H and O–H groups in total. The van der Waals surface area contributed by atoms with E-state index < -0.39 is 0 Å². The van der Waals surface area contributed by atoms with Crippen molar-refractivity contribution in [2.24, 2.45) is 5.92 Å². The zero-order valence-corrected chi connectivity index (χ0v) is 13.9. The van der Waals surface area contributed by atoms with Crippen molar-refractivity contribution in [3.05, 3.63) is 23.5 Å². The zero-order valence-electron chi connectivity index (χ0n) is 13.9. The highest BCUT2D eigenvalue weighted by atomic mass is 16.5. The van der Waals surface area contributed by atoms with Gasteiger partial charge in [-0.2, -0.15) is 0 Å². The first-order valence-corrected chi connectivity index (χ1v) is 8.05. The maximum Gasteiger partial charge on any atom is 0.122 e. The summed E-state index contributed by atoms with van der Waals surface area (Å²) in [5, 5.41) is 3.59. The van der Waals surface area contributed by atoms with Gasteiger partial charge in [0.2, 0.25) is 0 Å². The minimum absolute atomic E-state index is 0.636. The molecule has 0 amide bonds. The van der Waals surface area contributed by atoms with E-state index in [1.54, 1.807) is 7.11 Å². The van der Waals surface area contributed by atoms with E-state index in [0.717, 1.165) is 36.8 Å². The van der Waals surface area contributed by atoms with E-state index in [-0.39, 0.29) is 0 Å². The van der Waals surface area contributed by atoms with Gasteiger partial charge >= 0.3 is 0 Å². The Labute approximate surface area is 128 Å². The largest absolute Gasteiger partial charge is 0.497 e. The summed E-state index contributed by atoms with van der Waals surface area (Å²) in [5.41, 5.74) is 2.14. The highest BCUT2D eigenvalue weighted by molar-refractivity contribution is 5.26. The Morgan fingerprint density at radius 3 is 2.95 bits per heavy atom. The van der Waals surface area contributed by atoms with Gasteiger partial charge in [0.05, 0.1) is 12.8 Å². The molecule has 2 heterocycles. The lowest BCUT2D eigenvalue weighted by atomic mass is 10.2. The van der Waals surface area contributed by atoms with Crippen LogP contribution in [0, 0.1) is 12.8 Å². The Kier molecular flexibility index (Phi) is 6.00. The SMILES string of the molecule is COc1cc(C)nc(CN2CCCC2CNCC(C)C)c1. The highest BCUT2D eigenvalue weighted by Gasteiger charge is 2.24. The molecular weight excluding hydrogens is 262 g/mol. The van der Waals surface area contributed by atoms with Crippen LogP contribution in [0.2, 0.25) is 0 Å². The average molecular weight is 291 g/mol. The second-order valence-corrected chi connectivity index (χ2v) is 6.46. The minimum Gasteiger partial charge on any atom is -0.497 e. The molecule has 0 bridgehead atoms. The van der Waals surface area contributed by atoms with E-state index in [1.165, 1.54) is 19.4 Å². The Hall–Kier alpha value is -1.13. The molecule has 1 atom stereocenters. The van der Waals surface area contributed by atoms with Crippen LogP contribution >= 0.6 is 0 Å². The number of aromatic nitrogens is 1. The lowest BCUT2D eigenvalue weighted by molar-refractivity contribution is 0.234. The molecule has 21 heavy (non-hydrogen) atoms. The molecule has 1 aromatic heterocycles. The first-order valence-electron chi connectivity index (χ1n) is 8.05. The molecule has 1 aliphatic heterocycles. The summed E-state index contributed by atoms with van der Waals surface area (Å²) in [5.74, 6) is 1.62. The molecule has 0 radical (unpaired) electrons. The van der Waals surface area contributed by atoms with Crippen molar-refractivity contribution >= 4 is 0 Å². The fraction of sp³-hybridized carbons (Fsp3) is 0.706. The number of methoxy groups -OCH3 is 1. The van der Waals surface area contributed by atoms with Crippen LogP contribution in [0.1, 0.15) is 38.1 Å². The number of hydrogen-bond donors (Lipinski definition) is 1. The number of hydrogen-bond acceptors (Lipinski definition) is 4. The van der Waals surface area contributed by atoms with Gasteiger partial charge in [-0.1, -0.05) is 13.8 Å². The Balaban J connectivity index is 1.93. The lowest BCUT2D eigenvalue weighted by Crippen LogP contribution is -2.38. The van der Waals surface area contributed by atoms with Crippen molar-refractivity contribution in [1.82, 2.24) is 15.2 Å². The van der Waals surface area contributed by atoms with Crippen LogP contribution in [0.25, 0.3) is 0 Å². The van der Waals surface area contributed by atoms with E-state index in [9.17, 15) is 0 Å². The summed E-state index contributed by atoms with van der Waals surface area (Å²) >= 11 is 0. The summed E-state index contributed by atoms with van der Waals surface area (Å²) in [4.78, 5) is 7.20. The molecule has 0 aromatic carbocycles. The molecule has 118 valence electrons. The lowest BCUT2D eigenvalue weighted by Gasteiger charge is -2.25. The van der Waals surface area contributed by atoms with E-state index in [4.69, 9.17) is 4.74 Å². The fourth-order valence-corrected chi connectivity index (χ4v) is 2.98. The van der Waals surface area contributed by atoms with Gasteiger partial charge < -0.3 is 10.1 Å². The Bertz CT molecular complexity index is 448. The molecule has 1 unspecified atom stereocenters. The van der Waals surface area contributed by atoms with Gasteiger partial charge in [-0.3, -0.25) is 9.88 Å². The number of pyridine rings is 1. The zero-order chi connectivity index (χ0) is 15.2. The molecule has 1 fully saturated rings. The van der Waals surface area contributed by atoms with Crippen LogP contribution in [0.3, 0.4) is 0 Å². The van der Waals surface area contributed by atoms with Gasteiger partial charge in [0.1, 0.15) is 5.75 Å². The summed E-state index contributed by atoms with van der Waals surface area (Å²) in [7, 11) is 1.72. The van der Waals surface area contributed by atoms with Gasteiger partial charge in [0.15, 0.2) is 0 Å². The van der Waals surface area contributed by atoms with Crippen LogP contribution in [-0.2, 0) is 6.54 Å². The van der Waals surface area contributed by atoms with Crippen LogP contribution in [0.4, 0.5) is 0 Å². The molecule has 1 aromatic rings. The molecule has 4 heteroatoms. The predicted octanol–water partition coefficient (Wildman–Crippen LogP) is 2.61. The van der Waals surface area contributed by atoms with E-state index in [2.05, 4.69) is 35.1 Å². The van der Waals surface area contributed by atoms with Gasteiger partial charge in [-0.05, 0) is 38.8 Å². The van der Waals surface area contributed by atoms with Gasteiger partial charge in [0.25, 0.3) is 0 Å². The monoisotopic (exact) mass is 291 g/mol. The third-order valence-electron chi connectivity index (χ3n) is 4.01. The third kappa shape index (κ3) is 4.97. The van der Waals surface area contributed by atoms with Crippen LogP contribution < -0.4 is 10.1 Å². The van der Waals surface area contributed by atoms with E-state index in [0.29, 0.717) is 12.0 Å². The number of aryl methyl sites for hydroxylation is 1. The van der Waals surface area contributed by atoms with Crippen molar-refractivity contribution in [2.45, 2.75) is 46.2 Å². The molecule has 1 aliphatic rings. The van der Waals surface area contributed by atoms with Crippen LogP contribution in [0.15, 0.2) is 12.1 Å². The smallest absolute Gasteiger partial charge is 0.122 e. The first-order chi connectivity index (χ1) is 10.1. The maximum absolute atomic E-state index is 5.35. The molecule has 0 aliphatic carbocycles. The predicted molar refractivity (Wildman–Crippen MR) is 86.7 cm³/mol. The third-order valence-corrected chi connectivity index (χ3v) is 4.01. The van der Waals surface area contributed by atoms with Crippen molar-refractivity contribution in [2.75, 3.05) is 26.7 Å². The maximum atomic E-state index is 5.35. The van der Waals surface area contributed by atoms with E-state index in [1.807, 2.05) is 13.0 Å². The van der Waals surface area contributed by atoms with Crippen LogP contribution in [-0.4, -0.2) is 42.7 Å². The molecule has 4 nitrogen and oxygen atoms in total. The molecular formula is C17H29N3O. The molecule has 2 rings (SSSR count). The van der Waals surface area contributed by atoms with E-state index >= 15 is 0 Å². The summed E-state index contributed by atoms with van der Waals surface area (Å²) < 4.78 is 5.35. The van der Waals surface area contributed by atoms with Crippen LogP contribution in [0.5, 0.6) is 5.75 Å². The van der Waals surface area contributed by atoms with Gasteiger partial charge in [-0.15, -0.1) is 0 Å². The number of nitrogens with one attached hydrogen (secondary N) is 1. The highest BCUT2D eigenvalue weighted by Crippen LogP contribution is 2.21. The van der Waals surface area contributed by atoms with Gasteiger partial charge in [0, 0.05) is 37.0 Å². The Morgan fingerprint density at radius 2 is 2.24 bits per heavy atom. The summed E-state index contributed by atoms with van der Waals surface area (Å²) in [6, 6.07) is 4.68. The second-order valence-electron chi connectivity index (χ2n) is 6.46.